The van der Waals surface area contributed by atoms with Crippen molar-refractivity contribution in [1.82, 2.24) is 14.9 Å². The molecule has 1 aromatic heterocycles. The summed E-state index contributed by atoms with van der Waals surface area (Å²) in [5.74, 6) is 1.12. The van der Waals surface area contributed by atoms with E-state index in [1.807, 2.05) is 19.4 Å². The molecular weight excluding hydrogens is 234 g/mol. The molecule has 0 aliphatic heterocycles. The number of imidazole rings is 1. The Morgan fingerprint density at radius 2 is 2.00 bits per heavy atom. The standard InChI is InChI=1S/C16H23N3/c1-4-9-17-15(12-16-18-10-11-19(16)3)14-7-5-13(2)6-8-14/h5-8,10-11,15,17H,4,9,12H2,1-3H3. The summed E-state index contributed by atoms with van der Waals surface area (Å²) in [4.78, 5) is 4.43. The molecule has 0 spiro atoms. The van der Waals surface area contributed by atoms with E-state index < -0.39 is 0 Å². The van der Waals surface area contributed by atoms with E-state index in [1.54, 1.807) is 0 Å². The van der Waals surface area contributed by atoms with Gasteiger partial charge in [-0.05, 0) is 25.5 Å². The summed E-state index contributed by atoms with van der Waals surface area (Å²) in [5.41, 5.74) is 2.64. The molecule has 2 rings (SSSR count). The van der Waals surface area contributed by atoms with Crippen molar-refractivity contribution in [3.63, 3.8) is 0 Å². The zero-order valence-corrected chi connectivity index (χ0v) is 12.1. The van der Waals surface area contributed by atoms with Crippen LogP contribution in [-0.4, -0.2) is 16.1 Å². The van der Waals surface area contributed by atoms with Gasteiger partial charge in [-0.15, -0.1) is 0 Å². The number of nitrogens with one attached hydrogen (secondary N) is 1. The van der Waals surface area contributed by atoms with Gasteiger partial charge in [0.2, 0.25) is 0 Å². The Morgan fingerprint density at radius 1 is 1.26 bits per heavy atom. The quantitative estimate of drug-likeness (QED) is 0.862. The molecule has 0 saturated carbocycles. The fourth-order valence-corrected chi connectivity index (χ4v) is 2.20. The first-order valence-corrected chi connectivity index (χ1v) is 6.97. The van der Waals surface area contributed by atoms with Crippen LogP contribution < -0.4 is 5.32 Å². The van der Waals surface area contributed by atoms with Gasteiger partial charge in [-0.1, -0.05) is 36.8 Å². The SMILES string of the molecule is CCCNC(Cc1nccn1C)c1ccc(C)cc1. The Bertz CT molecular complexity index is 499. The van der Waals surface area contributed by atoms with Gasteiger partial charge in [-0.3, -0.25) is 0 Å². The zero-order chi connectivity index (χ0) is 13.7. The van der Waals surface area contributed by atoms with Crippen LogP contribution >= 0.6 is 0 Å². The van der Waals surface area contributed by atoms with E-state index in [2.05, 4.69) is 53.0 Å². The Morgan fingerprint density at radius 3 is 2.58 bits per heavy atom. The maximum Gasteiger partial charge on any atom is 0.110 e. The molecule has 0 amide bonds. The molecule has 1 atom stereocenters. The Kier molecular flexibility index (Phi) is 4.74. The highest BCUT2D eigenvalue weighted by Crippen LogP contribution is 2.18. The maximum absolute atomic E-state index is 4.43. The Balaban J connectivity index is 2.15. The van der Waals surface area contributed by atoms with Crippen LogP contribution in [0, 0.1) is 6.92 Å². The summed E-state index contributed by atoms with van der Waals surface area (Å²) < 4.78 is 2.09. The lowest BCUT2D eigenvalue weighted by Crippen LogP contribution is -2.25. The molecule has 1 aromatic carbocycles. The highest BCUT2D eigenvalue weighted by Gasteiger charge is 2.13. The molecule has 1 unspecified atom stereocenters. The number of nitrogens with zero attached hydrogens (tertiary/aromatic N) is 2. The third-order valence-corrected chi connectivity index (χ3v) is 3.43. The van der Waals surface area contributed by atoms with Gasteiger partial charge in [-0.2, -0.15) is 0 Å². The second-order valence-corrected chi connectivity index (χ2v) is 5.08. The summed E-state index contributed by atoms with van der Waals surface area (Å²) in [5, 5.41) is 3.62. The van der Waals surface area contributed by atoms with Gasteiger partial charge in [0, 0.05) is 31.9 Å². The van der Waals surface area contributed by atoms with Crippen molar-refractivity contribution in [3.8, 4) is 0 Å². The third kappa shape index (κ3) is 3.67. The number of aryl methyl sites for hydroxylation is 2. The predicted octanol–water partition coefficient (Wildman–Crippen LogP) is 3.01. The van der Waals surface area contributed by atoms with Crippen LogP contribution in [0.3, 0.4) is 0 Å². The van der Waals surface area contributed by atoms with Gasteiger partial charge in [0.05, 0.1) is 0 Å². The molecular formula is C16H23N3. The largest absolute Gasteiger partial charge is 0.338 e. The van der Waals surface area contributed by atoms with Gasteiger partial charge in [0.1, 0.15) is 5.82 Å². The molecule has 3 nitrogen and oxygen atoms in total. The normalized spacial score (nSPS) is 12.6. The van der Waals surface area contributed by atoms with Crippen LogP contribution in [0.4, 0.5) is 0 Å². The first kappa shape index (κ1) is 13.8. The van der Waals surface area contributed by atoms with E-state index in [-0.39, 0.29) is 0 Å². The lowest BCUT2D eigenvalue weighted by Gasteiger charge is -2.19. The van der Waals surface area contributed by atoms with Gasteiger partial charge < -0.3 is 9.88 Å². The summed E-state index contributed by atoms with van der Waals surface area (Å²) in [6.07, 6.45) is 5.93. The predicted molar refractivity (Wildman–Crippen MR) is 79.1 cm³/mol. The number of hydrogen-bond acceptors (Lipinski definition) is 2. The average molecular weight is 257 g/mol. The molecule has 0 aliphatic rings. The zero-order valence-electron chi connectivity index (χ0n) is 12.1. The molecule has 0 saturated heterocycles. The van der Waals surface area contributed by atoms with Gasteiger partial charge in [0.15, 0.2) is 0 Å². The summed E-state index contributed by atoms with van der Waals surface area (Å²) in [6, 6.07) is 9.11. The van der Waals surface area contributed by atoms with Gasteiger partial charge in [-0.25, -0.2) is 4.98 Å². The average Bonchev–Trinajstić information content (AvgIpc) is 2.81. The minimum atomic E-state index is 0.335. The minimum absolute atomic E-state index is 0.335. The molecule has 2 aromatic rings. The molecule has 1 heterocycles. The highest BCUT2D eigenvalue weighted by molar-refractivity contribution is 5.25. The lowest BCUT2D eigenvalue weighted by molar-refractivity contribution is 0.512. The van der Waals surface area contributed by atoms with E-state index >= 15 is 0 Å². The smallest absolute Gasteiger partial charge is 0.110 e. The molecule has 19 heavy (non-hydrogen) atoms. The van der Waals surface area contributed by atoms with Crippen molar-refractivity contribution in [2.45, 2.75) is 32.7 Å². The summed E-state index contributed by atoms with van der Waals surface area (Å²) in [7, 11) is 2.05. The molecule has 0 fully saturated rings. The van der Waals surface area contributed by atoms with Crippen LogP contribution in [0.2, 0.25) is 0 Å². The van der Waals surface area contributed by atoms with Gasteiger partial charge in [0.25, 0.3) is 0 Å². The van der Waals surface area contributed by atoms with Crippen molar-refractivity contribution in [3.05, 3.63) is 53.6 Å². The minimum Gasteiger partial charge on any atom is -0.338 e. The van der Waals surface area contributed by atoms with Crippen molar-refractivity contribution in [2.75, 3.05) is 6.54 Å². The molecule has 3 heteroatoms. The fourth-order valence-electron chi connectivity index (χ4n) is 2.20. The first-order chi connectivity index (χ1) is 9.20. The maximum atomic E-state index is 4.43. The molecule has 102 valence electrons. The second-order valence-electron chi connectivity index (χ2n) is 5.08. The van der Waals surface area contributed by atoms with Crippen molar-refractivity contribution in [1.29, 1.82) is 0 Å². The van der Waals surface area contributed by atoms with E-state index in [0.29, 0.717) is 6.04 Å². The van der Waals surface area contributed by atoms with E-state index in [4.69, 9.17) is 0 Å². The molecule has 0 bridgehead atoms. The Labute approximate surface area is 115 Å². The van der Waals surface area contributed by atoms with Crippen molar-refractivity contribution in [2.24, 2.45) is 7.05 Å². The number of rotatable bonds is 6. The fraction of sp³-hybridized carbons (Fsp3) is 0.438. The van der Waals surface area contributed by atoms with Crippen LogP contribution in [0.1, 0.15) is 36.3 Å². The van der Waals surface area contributed by atoms with Crippen LogP contribution in [-0.2, 0) is 13.5 Å². The molecule has 0 aliphatic carbocycles. The first-order valence-electron chi connectivity index (χ1n) is 6.97. The van der Waals surface area contributed by atoms with E-state index in [1.165, 1.54) is 11.1 Å². The summed E-state index contributed by atoms with van der Waals surface area (Å²) >= 11 is 0. The monoisotopic (exact) mass is 257 g/mol. The number of aromatic nitrogens is 2. The van der Waals surface area contributed by atoms with Crippen LogP contribution in [0.15, 0.2) is 36.7 Å². The Hall–Kier alpha value is -1.61. The second kappa shape index (κ2) is 6.53. The van der Waals surface area contributed by atoms with Crippen molar-refractivity contribution >= 4 is 0 Å². The topological polar surface area (TPSA) is 29.9 Å². The number of benzene rings is 1. The highest BCUT2D eigenvalue weighted by atomic mass is 15.0. The van der Waals surface area contributed by atoms with Gasteiger partial charge >= 0.3 is 0 Å². The number of hydrogen-bond donors (Lipinski definition) is 1. The lowest BCUT2D eigenvalue weighted by atomic mass is 10.0. The van der Waals surface area contributed by atoms with Crippen molar-refractivity contribution < 1.29 is 0 Å². The molecule has 1 N–H and O–H groups in total. The van der Waals surface area contributed by atoms with E-state index in [9.17, 15) is 0 Å². The van der Waals surface area contributed by atoms with Crippen LogP contribution in [0.5, 0.6) is 0 Å². The molecule has 0 radical (unpaired) electrons. The van der Waals surface area contributed by atoms with E-state index in [0.717, 1.165) is 25.2 Å². The third-order valence-electron chi connectivity index (χ3n) is 3.43. The summed E-state index contributed by atoms with van der Waals surface area (Å²) in [6.45, 7) is 5.35. The van der Waals surface area contributed by atoms with Crippen LogP contribution in [0.25, 0.3) is 0 Å².